The molecule has 1 aromatic carbocycles. The molecule has 0 bridgehead atoms. The van der Waals surface area contributed by atoms with Crippen LogP contribution < -0.4 is 10.6 Å². The van der Waals surface area contributed by atoms with Gasteiger partial charge in [-0.15, -0.1) is 0 Å². The number of nitrogens with zero attached hydrogens (tertiary/aromatic N) is 1. The maximum atomic E-state index is 12.7. The van der Waals surface area contributed by atoms with Crippen LogP contribution in [0.5, 0.6) is 0 Å². The smallest absolute Gasteiger partial charge is 0.341 e. The van der Waals surface area contributed by atoms with Crippen molar-refractivity contribution in [2.45, 2.75) is 40.3 Å². The molecular formula is C20H25N3O4. The van der Waals surface area contributed by atoms with Crippen LogP contribution in [-0.4, -0.2) is 29.0 Å². The molecule has 7 heteroatoms. The highest BCUT2D eigenvalue weighted by Crippen LogP contribution is 2.22. The monoisotopic (exact) mass is 371 g/mol. The van der Waals surface area contributed by atoms with Crippen LogP contribution in [0.3, 0.4) is 0 Å². The fourth-order valence-electron chi connectivity index (χ4n) is 2.95. The van der Waals surface area contributed by atoms with Crippen molar-refractivity contribution in [1.29, 1.82) is 0 Å². The van der Waals surface area contributed by atoms with Crippen LogP contribution in [-0.2, 0) is 16.1 Å². The first-order valence-electron chi connectivity index (χ1n) is 8.90. The van der Waals surface area contributed by atoms with Gasteiger partial charge in [-0.2, -0.15) is 0 Å². The molecule has 0 aliphatic heterocycles. The van der Waals surface area contributed by atoms with E-state index < -0.39 is 24.0 Å². The van der Waals surface area contributed by atoms with Gasteiger partial charge in [0.15, 0.2) is 0 Å². The number of hydrogen-bond acceptors (Lipinski definition) is 4. The second-order valence-corrected chi connectivity index (χ2v) is 6.07. The summed E-state index contributed by atoms with van der Waals surface area (Å²) in [4.78, 5) is 37.0. The number of hydrogen-bond donors (Lipinski definition) is 2. The van der Waals surface area contributed by atoms with Gasteiger partial charge in [0.25, 0.3) is 5.91 Å². The van der Waals surface area contributed by atoms with Gasteiger partial charge in [-0.3, -0.25) is 10.1 Å². The van der Waals surface area contributed by atoms with Gasteiger partial charge in [0.1, 0.15) is 0 Å². The third-order valence-corrected chi connectivity index (χ3v) is 4.25. The molecule has 0 aliphatic rings. The number of esters is 1. The molecule has 0 unspecified atom stereocenters. The van der Waals surface area contributed by atoms with Crippen LogP contribution in [0.1, 0.15) is 47.3 Å². The Hall–Kier alpha value is -3.09. The van der Waals surface area contributed by atoms with Gasteiger partial charge in [-0.05, 0) is 33.8 Å². The third-order valence-electron chi connectivity index (χ3n) is 4.25. The van der Waals surface area contributed by atoms with E-state index in [-0.39, 0.29) is 0 Å². The Bertz CT molecular complexity index is 827. The van der Waals surface area contributed by atoms with Gasteiger partial charge >= 0.3 is 12.0 Å². The number of ether oxygens (including phenoxy) is 1. The molecule has 144 valence electrons. The van der Waals surface area contributed by atoms with Gasteiger partial charge in [0.05, 0.1) is 5.56 Å². The topological polar surface area (TPSA) is 89.4 Å². The van der Waals surface area contributed by atoms with E-state index in [0.717, 1.165) is 17.9 Å². The lowest BCUT2D eigenvalue weighted by atomic mass is 10.1. The second kappa shape index (κ2) is 9.02. The Labute approximate surface area is 158 Å². The molecule has 2 rings (SSSR count). The van der Waals surface area contributed by atoms with E-state index in [4.69, 9.17) is 4.74 Å². The molecule has 7 nitrogen and oxygen atoms in total. The number of aromatic nitrogens is 1. The van der Waals surface area contributed by atoms with Crippen LogP contribution in [0, 0.1) is 13.8 Å². The highest BCUT2D eigenvalue weighted by molar-refractivity contribution is 5.99. The maximum Gasteiger partial charge on any atom is 0.341 e. The largest absolute Gasteiger partial charge is 0.444 e. The van der Waals surface area contributed by atoms with E-state index in [9.17, 15) is 14.4 Å². The minimum atomic E-state index is -1.23. The number of urea groups is 1. The van der Waals surface area contributed by atoms with E-state index in [1.807, 2.05) is 25.3 Å². The van der Waals surface area contributed by atoms with Crippen molar-refractivity contribution in [2.24, 2.45) is 0 Å². The quantitative estimate of drug-likeness (QED) is 0.764. The normalized spacial score (nSPS) is 11.6. The zero-order valence-corrected chi connectivity index (χ0v) is 16.0. The highest BCUT2D eigenvalue weighted by atomic mass is 16.5. The summed E-state index contributed by atoms with van der Waals surface area (Å²) in [5, 5.41) is 4.69. The van der Waals surface area contributed by atoms with Crippen molar-refractivity contribution in [2.75, 3.05) is 6.54 Å². The molecule has 1 heterocycles. The summed E-state index contributed by atoms with van der Waals surface area (Å²) in [6, 6.07) is 9.71. The summed E-state index contributed by atoms with van der Waals surface area (Å²) in [5.74, 6) is -1.31. The standard InChI is InChI=1S/C20H25N3O4/c1-5-21-20(26)22-18(24)17(15-10-8-7-9-11-15)27-19(25)16-12-13(3)23(6-2)14(16)4/h7-12,17H,5-6H2,1-4H3,(H2,21,22,24,26)/t17-/m0/s1. The number of aryl methyl sites for hydroxylation is 1. The summed E-state index contributed by atoms with van der Waals surface area (Å²) >= 11 is 0. The average molecular weight is 371 g/mol. The SMILES string of the molecule is CCNC(=O)NC(=O)[C@@H](OC(=O)c1cc(C)n(CC)c1C)c1ccccc1. The molecule has 0 spiro atoms. The van der Waals surface area contributed by atoms with Gasteiger partial charge in [-0.25, -0.2) is 9.59 Å². The zero-order chi connectivity index (χ0) is 20.0. The average Bonchev–Trinajstić information content (AvgIpc) is 2.94. The van der Waals surface area contributed by atoms with Crippen LogP contribution in [0.4, 0.5) is 4.79 Å². The number of benzene rings is 1. The Morgan fingerprint density at radius 2 is 1.78 bits per heavy atom. The fourth-order valence-corrected chi connectivity index (χ4v) is 2.95. The predicted molar refractivity (Wildman–Crippen MR) is 101 cm³/mol. The lowest BCUT2D eigenvalue weighted by Crippen LogP contribution is -2.42. The van der Waals surface area contributed by atoms with Gasteiger partial charge in [0, 0.05) is 30.0 Å². The summed E-state index contributed by atoms with van der Waals surface area (Å²) in [5.41, 5.74) is 2.60. The second-order valence-electron chi connectivity index (χ2n) is 6.07. The Balaban J connectivity index is 2.28. The summed E-state index contributed by atoms with van der Waals surface area (Å²) in [6.07, 6.45) is -1.23. The molecule has 2 aromatic rings. The van der Waals surface area contributed by atoms with E-state index >= 15 is 0 Å². The summed E-state index contributed by atoms with van der Waals surface area (Å²) in [7, 11) is 0. The molecule has 0 saturated heterocycles. The van der Waals surface area contributed by atoms with Crippen molar-refractivity contribution < 1.29 is 19.1 Å². The molecule has 1 aromatic heterocycles. The molecule has 0 fully saturated rings. The number of carbonyl (C=O) groups excluding carboxylic acids is 3. The van der Waals surface area contributed by atoms with Gasteiger partial charge in [0.2, 0.25) is 6.10 Å². The lowest BCUT2D eigenvalue weighted by Gasteiger charge is -2.18. The van der Waals surface area contributed by atoms with Gasteiger partial charge < -0.3 is 14.6 Å². The summed E-state index contributed by atoms with van der Waals surface area (Å²) in [6.45, 7) is 8.57. The lowest BCUT2D eigenvalue weighted by molar-refractivity contribution is -0.129. The number of amides is 3. The molecule has 0 saturated carbocycles. The number of imide groups is 1. The molecule has 27 heavy (non-hydrogen) atoms. The van der Waals surface area contributed by atoms with Crippen molar-refractivity contribution >= 4 is 17.9 Å². The van der Waals surface area contributed by atoms with Crippen molar-refractivity contribution in [3.63, 3.8) is 0 Å². The number of carbonyl (C=O) groups is 3. The van der Waals surface area contributed by atoms with E-state index in [1.165, 1.54) is 0 Å². The van der Waals surface area contributed by atoms with Crippen molar-refractivity contribution in [1.82, 2.24) is 15.2 Å². The Kier molecular flexibility index (Phi) is 6.76. The zero-order valence-electron chi connectivity index (χ0n) is 16.0. The van der Waals surface area contributed by atoms with E-state index in [0.29, 0.717) is 17.7 Å². The molecule has 1 atom stereocenters. The molecule has 0 aliphatic carbocycles. The number of rotatable bonds is 6. The molecule has 3 amide bonds. The van der Waals surface area contributed by atoms with Crippen LogP contribution >= 0.6 is 0 Å². The first-order valence-corrected chi connectivity index (χ1v) is 8.90. The Morgan fingerprint density at radius 1 is 1.11 bits per heavy atom. The van der Waals surface area contributed by atoms with Gasteiger partial charge in [-0.1, -0.05) is 30.3 Å². The van der Waals surface area contributed by atoms with E-state index in [1.54, 1.807) is 43.3 Å². The van der Waals surface area contributed by atoms with Crippen LogP contribution in [0.25, 0.3) is 0 Å². The molecular weight excluding hydrogens is 346 g/mol. The highest BCUT2D eigenvalue weighted by Gasteiger charge is 2.28. The van der Waals surface area contributed by atoms with Crippen LogP contribution in [0.15, 0.2) is 36.4 Å². The third kappa shape index (κ3) is 4.75. The molecule has 0 radical (unpaired) electrons. The predicted octanol–water partition coefficient (Wildman–Crippen LogP) is 2.87. The summed E-state index contributed by atoms with van der Waals surface area (Å²) < 4.78 is 7.50. The van der Waals surface area contributed by atoms with Crippen LogP contribution in [0.2, 0.25) is 0 Å². The minimum absolute atomic E-state index is 0.373. The van der Waals surface area contributed by atoms with E-state index in [2.05, 4.69) is 10.6 Å². The molecule has 2 N–H and O–H groups in total. The fraction of sp³-hybridized carbons (Fsp3) is 0.350. The minimum Gasteiger partial charge on any atom is -0.444 e. The maximum absolute atomic E-state index is 12.7. The van der Waals surface area contributed by atoms with Crippen molar-refractivity contribution in [3.8, 4) is 0 Å². The number of nitrogens with one attached hydrogen (secondary N) is 2. The van der Waals surface area contributed by atoms with Crippen molar-refractivity contribution in [3.05, 3.63) is 58.9 Å². The first-order chi connectivity index (χ1) is 12.9. The first kappa shape index (κ1) is 20.2. The Morgan fingerprint density at radius 3 is 2.33 bits per heavy atom.